The van der Waals surface area contributed by atoms with E-state index in [1.54, 1.807) is 54.6 Å². The lowest BCUT2D eigenvalue weighted by atomic mass is 9.95. The molecule has 0 aliphatic carbocycles. The van der Waals surface area contributed by atoms with Gasteiger partial charge in [-0.25, -0.2) is 0 Å². The summed E-state index contributed by atoms with van der Waals surface area (Å²) < 4.78 is 5.49. The molecule has 1 saturated heterocycles. The molecule has 33 heavy (non-hydrogen) atoms. The quantitative estimate of drug-likeness (QED) is 0.237. The highest BCUT2D eigenvalue weighted by Crippen LogP contribution is 2.39. The molecule has 0 spiro atoms. The molecule has 1 fully saturated rings. The van der Waals surface area contributed by atoms with Crippen molar-refractivity contribution < 1.29 is 19.4 Å². The summed E-state index contributed by atoms with van der Waals surface area (Å²) in [6, 6.07) is 13.0. The number of ketones is 1. The van der Waals surface area contributed by atoms with Crippen LogP contribution in [0.5, 0.6) is 5.75 Å². The van der Waals surface area contributed by atoms with Crippen molar-refractivity contribution in [2.45, 2.75) is 19.9 Å². The lowest BCUT2D eigenvalue weighted by Crippen LogP contribution is -2.38. The maximum Gasteiger partial charge on any atom is 0.295 e. The first-order chi connectivity index (χ1) is 15.9. The highest BCUT2D eigenvalue weighted by atomic mass is 35.5. The van der Waals surface area contributed by atoms with Crippen molar-refractivity contribution in [3.8, 4) is 5.75 Å². The van der Waals surface area contributed by atoms with E-state index in [1.165, 1.54) is 4.90 Å². The summed E-state index contributed by atoms with van der Waals surface area (Å²) in [5.74, 6) is -0.914. The molecule has 7 heteroatoms. The number of carbonyl (C=O) groups is 2. The van der Waals surface area contributed by atoms with Crippen molar-refractivity contribution in [3.05, 3.63) is 82.9 Å². The number of ether oxygens (including phenoxy) is 1. The van der Waals surface area contributed by atoms with Crippen LogP contribution in [-0.4, -0.2) is 59.4 Å². The van der Waals surface area contributed by atoms with Crippen LogP contribution >= 0.6 is 11.6 Å². The summed E-state index contributed by atoms with van der Waals surface area (Å²) >= 11 is 6.06. The fourth-order valence-electron chi connectivity index (χ4n) is 3.91. The molecule has 1 atom stereocenters. The minimum absolute atomic E-state index is 0.0710. The lowest BCUT2D eigenvalue weighted by molar-refractivity contribution is -0.140. The maximum absolute atomic E-state index is 13.1. The Morgan fingerprint density at radius 2 is 1.76 bits per heavy atom. The number of nitrogens with zero attached hydrogens (tertiary/aromatic N) is 2. The molecule has 1 amide bonds. The molecular weight excluding hydrogens is 440 g/mol. The van der Waals surface area contributed by atoms with Crippen LogP contribution in [0, 0.1) is 0 Å². The van der Waals surface area contributed by atoms with Crippen LogP contribution in [0.2, 0.25) is 5.02 Å². The number of hydrogen-bond donors (Lipinski definition) is 1. The van der Waals surface area contributed by atoms with Gasteiger partial charge in [0.15, 0.2) is 0 Å². The van der Waals surface area contributed by atoms with Crippen molar-refractivity contribution in [3.63, 3.8) is 0 Å². The van der Waals surface area contributed by atoms with Gasteiger partial charge in [0.2, 0.25) is 0 Å². The third-order valence-corrected chi connectivity index (χ3v) is 6.02. The summed E-state index contributed by atoms with van der Waals surface area (Å²) in [6.45, 7) is 10.8. The summed E-state index contributed by atoms with van der Waals surface area (Å²) in [7, 11) is 0. The SMILES string of the molecule is C=CCOc1ccc(C(O)=C2C(=O)C(=O)N(CCN(CC)CC)[C@@H]2c2ccc(Cl)cc2)cc1. The van der Waals surface area contributed by atoms with Crippen molar-refractivity contribution >= 4 is 29.1 Å². The summed E-state index contributed by atoms with van der Waals surface area (Å²) in [6.07, 6.45) is 1.64. The van der Waals surface area contributed by atoms with Gasteiger partial charge in [-0.3, -0.25) is 9.59 Å². The minimum atomic E-state index is -0.700. The van der Waals surface area contributed by atoms with Gasteiger partial charge in [0.25, 0.3) is 11.7 Å². The number of benzene rings is 2. The Labute approximate surface area is 199 Å². The molecule has 0 bridgehead atoms. The van der Waals surface area contributed by atoms with E-state index in [-0.39, 0.29) is 11.3 Å². The molecule has 1 N–H and O–H groups in total. The van der Waals surface area contributed by atoms with Crippen LogP contribution in [0.1, 0.15) is 31.0 Å². The molecule has 174 valence electrons. The van der Waals surface area contributed by atoms with Gasteiger partial charge in [-0.15, -0.1) is 0 Å². The normalized spacial score (nSPS) is 17.6. The number of hydrogen-bond acceptors (Lipinski definition) is 5. The van der Waals surface area contributed by atoms with Crippen LogP contribution in [0.25, 0.3) is 5.76 Å². The van der Waals surface area contributed by atoms with E-state index in [2.05, 4.69) is 25.3 Å². The van der Waals surface area contributed by atoms with E-state index >= 15 is 0 Å². The van der Waals surface area contributed by atoms with Gasteiger partial charge < -0.3 is 19.6 Å². The van der Waals surface area contributed by atoms with Crippen LogP contribution in [0.4, 0.5) is 0 Å². The Kier molecular flexibility index (Phi) is 8.31. The number of likely N-dealkylation sites (N-methyl/N-ethyl adjacent to an activating group) is 1. The number of amides is 1. The number of carbonyl (C=O) groups excluding carboxylic acids is 2. The van der Waals surface area contributed by atoms with Crippen molar-refractivity contribution in [1.29, 1.82) is 0 Å². The number of rotatable bonds is 10. The first-order valence-electron chi connectivity index (χ1n) is 11.0. The number of likely N-dealkylation sites (tertiary alicyclic amines) is 1. The number of halogens is 1. The van der Waals surface area contributed by atoms with Gasteiger partial charge in [0.1, 0.15) is 18.1 Å². The fourth-order valence-corrected chi connectivity index (χ4v) is 4.04. The standard InChI is InChI=1S/C26H29ClN2O4/c1-4-17-33-21-13-9-19(10-14-21)24(30)22-23(18-7-11-20(27)12-8-18)29(26(32)25(22)31)16-15-28(5-2)6-3/h4,7-14,23,30H,1,5-6,15-17H2,2-3H3/t23-/m1/s1. The zero-order valence-corrected chi connectivity index (χ0v) is 19.7. The molecule has 2 aromatic rings. The van der Waals surface area contributed by atoms with E-state index in [1.807, 2.05) is 0 Å². The van der Waals surface area contributed by atoms with Gasteiger partial charge in [0, 0.05) is 23.7 Å². The topological polar surface area (TPSA) is 70.1 Å². The third-order valence-electron chi connectivity index (χ3n) is 5.77. The van der Waals surface area contributed by atoms with E-state index in [0.717, 1.165) is 13.1 Å². The summed E-state index contributed by atoms with van der Waals surface area (Å²) in [4.78, 5) is 29.8. The molecule has 6 nitrogen and oxygen atoms in total. The van der Waals surface area contributed by atoms with Crippen molar-refractivity contribution in [2.75, 3.05) is 32.8 Å². The fraction of sp³-hybridized carbons (Fsp3) is 0.308. The molecular formula is C26H29ClN2O4. The van der Waals surface area contributed by atoms with Crippen LogP contribution < -0.4 is 4.74 Å². The Morgan fingerprint density at radius 3 is 2.33 bits per heavy atom. The third kappa shape index (κ3) is 5.46. The second kappa shape index (κ2) is 11.2. The predicted molar refractivity (Wildman–Crippen MR) is 130 cm³/mol. The van der Waals surface area contributed by atoms with Gasteiger partial charge in [-0.2, -0.15) is 0 Å². The van der Waals surface area contributed by atoms with Gasteiger partial charge in [0.05, 0.1) is 11.6 Å². The van der Waals surface area contributed by atoms with Crippen LogP contribution in [-0.2, 0) is 9.59 Å². The average Bonchev–Trinajstić information content (AvgIpc) is 3.08. The Hall–Kier alpha value is -3.09. The first kappa shape index (κ1) is 24.6. The molecule has 1 aliphatic rings. The van der Waals surface area contributed by atoms with Crippen LogP contribution in [0.3, 0.4) is 0 Å². The van der Waals surface area contributed by atoms with E-state index in [4.69, 9.17) is 16.3 Å². The minimum Gasteiger partial charge on any atom is -0.507 e. The average molecular weight is 469 g/mol. The van der Waals surface area contributed by atoms with E-state index < -0.39 is 17.7 Å². The number of aliphatic hydroxyl groups excluding tert-OH is 1. The Balaban J connectivity index is 2.03. The van der Waals surface area contributed by atoms with Crippen molar-refractivity contribution in [1.82, 2.24) is 9.80 Å². The zero-order valence-electron chi connectivity index (χ0n) is 19.0. The smallest absolute Gasteiger partial charge is 0.295 e. The first-order valence-corrected chi connectivity index (χ1v) is 11.4. The zero-order chi connectivity index (χ0) is 24.0. The molecule has 2 aromatic carbocycles. The molecule has 1 aliphatic heterocycles. The second-order valence-electron chi connectivity index (χ2n) is 7.69. The Morgan fingerprint density at radius 1 is 1.12 bits per heavy atom. The predicted octanol–water partition coefficient (Wildman–Crippen LogP) is 4.67. The van der Waals surface area contributed by atoms with E-state index in [0.29, 0.717) is 41.6 Å². The highest BCUT2D eigenvalue weighted by molar-refractivity contribution is 6.46. The maximum atomic E-state index is 13.1. The summed E-state index contributed by atoms with van der Waals surface area (Å²) in [5.41, 5.74) is 1.22. The summed E-state index contributed by atoms with van der Waals surface area (Å²) in [5, 5.41) is 11.7. The molecule has 1 heterocycles. The number of Topliss-reactive ketones (excluding diaryl/α,β-unsaturated/α-hetero) is 1. The monoisotopic (exact) mass is 468 g/mol. The molecule has 0 aromatic heterocycles. The highest BCUT2D eigenvalue weighted by Gasteiger charge is 2.45. The number of aliphatic hydroxyl groups is 1. The van der Waals surface area contributed by atoms with Crippen LogP contribution in [0.15, 0.2) is 66.8 Å². The van der Waals surface area contributed by atoms with E-state index in [9.17, 15) is 14.7 Å². The molecule has 0 saturated carbocycles. The van der Waals surface area contributed by atoms with Gasteiger partial charge >= 0.3 is 0 Å². The molecule has 0 unspecified atom stereocenters. The van der Waals surface area contributed by atoms with Gasteiger partial charge in [-0.1, -0.05) is 50.2 Å². The second-order valence-corrected chi connectivity index (χ2v) is 8.13. The molecule has 3 rings (SSSR count). The van der Waals surface area contributed by atoms with Gasteiger partial charge in [-0.05, 0) is 55.1 Å². The lowest BCUT2D eigenvalue weighted by Gasteiger charge is -2.28. The molecule has 0 radical (unpaired) electrons. The Bertz CT molecular complexity index is 1030. The van der Waals surface area contributed by atoms with Crippen molar-refractivity contribution in [2.24, 2.45) is 0 Å². The largest absolute Gasteiger partial charge is 0.507 e.